The second kappa shape index (κ2) is 7.04. The molecule has 0 amide bonds. The Bertz CT molecular complexity index is 385. The van der Waals surface area contributed by atoms with Crippen molar-refractivity contribution in [3.8, 4) is 0 Å². The first-order chi connectivity index (χ1) is 8.50. The summed E-state index contributed by atoms with van der Waals surface area (Å²) in [5.74, 6) is -0.721. The number of nitrogens with zero attached hydrogens (tertiary/aromatic N) is 4. The predicted molar refractivity (Wildman–Crippen MR) is 61.2 cm³/mol. The minimum atomic E-state index is -1.31. The molecular formula is C8H16BN5O4. The monoisotopic (exact) mass is 257 g/mol. The van der Waals surface area contributed by atoms with Gasteiger partial charge in [0.15, 0.2) is 5.82 Å². The zero-order valence-corrected chi connectivity index (χ0v) is 9.81. The Balaban J connectivity index is 2.43. The van der Waals surface area contributed by atoms with Crippen LogP contribution in [0, 0.1) is 0 Å². The number of hydrogen-bond acceptors (Lipinski definition) is 7. The first kappa shape index (κ1) is 14.5. The Morgan fingerprint density at radius 2 is 2.17 bits per heavy atom. The molecule has 1 atom stereocenters. The lowest BCUT2D eigenvalue weighted by atomic mass is 9.83. The van der Waals surface area contributed by atoms with Crippen LogP contribution in [0.5, 0.6) is 0 Å². The van der Waals surface area contributed by atoms with Gasteiger partial charge in [-0.2, -0.15) is 0 Å². The minimum absolute atomic E-state index is 0.285. The van der Waals surface area contributed by atoms with Crippen LogP contribution in [0.15, 0.2) is 0 Å². The normalized spacial score (nSPS) is 12.4. The molecule has 0 aliphatic heterocycles. The fraction of sp³-hybridized carbons (Fsp3) is 0.750. The number of rotatable bonds is 8. The van der Waals surface area contributed by atoms with Crippen molar-refractivity contribution >= 4 is 13.1 Å². The molecule has 1 aromatic rings. The van der Waals surface area contributed by atoms with Gasteiger partial charge in [0.1, 0.15) is 6.54 Å². The van der Waals surface area contributed by atoms with E-state index in [0.29, 0.717) is 25.1 Å². The van der Waals surface area contributed by atoms with E-state index in [1.165, 1.54) is 0 Å². The highest BCUT2D eigenvalue weighted by Crippen LogP contribution is 2.14. The molecule has 9 nitrogen and oxygen atoms in total. The maximum Gasteiger partial charge on any atom is 0.451 e. The Labute approximate surface area is 104 Å². The van der Waals surface area contributed by atoms with Crippen LogP contribution in [0.2, 0.25) is 6.32 Å². The van der Waals surface area contributed by atoms with Gasteiger partial charge in [-0.1, -0.05) is 12.8 Å². The number of carboxylic acid groups (broad SMARTS) is 1. The summed E-state index contributed by atoms with van der Waals surface area (Å²) < 4.78 is 1.15. The van der Waals surface area contributed by atoms with Gasteiger partial charge < -0.3 is 20.9 Å². The molecule has 1 rings (SSSR count). The van der Waals surface area contributed by atoms with Crippen LogP contribution in [-0.4, -0.2) is 48.4 Å². The van der Waals surface area contributed by atoms with Crippen molar-refractivity contribution in [2.75, 3.05) is 0 Å². The highest BCUT2D eigenvalue weighted by atomic mass is 16.4. The average molecular weight is 257 g/mol. The van der Waals surface area contributed by atoms with Crippen molar-refractivity contribution in [3.63, 3.8) is 0 Å². The molecule has 10 heteroatoms. The fourth-order valence-corrected chi connectivity index (χ4v) is 1.54. The van der Waals surface area contributed by atoms with Crippen molar-refractivity contribution in [2.45, 2.75) is 38.2 Å². The number of nitrogens with two attached hydrogens (primary N) is 1. The lowest BCUT2D eigenvalue weighted by Crippen LogP contribution is -2.20. The molecule has 0 aliphatic carbocycles. The number of aromatic nitrogens is 4. The summed E-state index contributed by atoms with van der Waals surface area (Å²) in [5, 5.41) is 36.6. The van der Waals surface area contributed by atoms with Gasteiger partial charge >= 0.3 is 13.1 Å². The van der Waals surface area contributed by atoms with Crippen LogP contribution < -0.4 is 5.73 Å². The number of carboxylic acids is 1. The summed E-state index contributed by atoms with van der Waals surface area (Å²) in [7, 11) is -1.31. The summed E-state index contributed by atoms with van der Waals surface area (Å²) in [6, 6.07) is -0.463. The van der Waals surface area contributed by atoms with Crippen molar-refractivity contribution < 1.29 is 19.9 Å². The minimum Gasteiger partial charge on any atom is -0.480 e. The number of hydrogen-bond donors (Lipinski definition) is 4. The smallest absolute Gasteiger partial charge is 0.451 e. The average Bonchev–Trinajstić information content (AvgIpc) is 2.71. The molecule has 0 aromatic carbocycles. The highest BCUT2D eigenvalue weighted by Gasteiger charge is 2.16. The Kier molecular flexibility index (Phi) is 5.69. The molecule has 0 bridgehead atoms. The molecule has 1 heterocycles. The van der Waals surface area contributed by atoms with Crippen LogP contribution in [-0.2, 0) is 11.3 Å². The van der Waals surface area contributed by atoms with Crippen molar-refractivity contribution in [3.05, 3.63) is 5.82 Å². The zero-order chi connectivity index (χ0) is 13.5. The second-order valence-corrected chi connectivity index (χ2v) is 3.96. The molecule has 0 aliphatic rings. The highest BCUT2D eigenvalue weighted by molar-refractivity contribution is 6.40. The number of aliphatic carboxylic acids is 1. The molecule has 1 aromatic heterocycles. The number of tetrazole rings is 1. The molecule has 5 N–H and O–H groups in total. The zero-order valence-electron chi connectivity index (χ0n) is 9.81. The summed E-state index contributed by atoms with van der Waals surface area (Å²) in [6.45, 7) is -0.328. The van der Waals surface area contributed by atoms with E-state index >= 15 is 0 Å². The van der Waals surface area contributed by atoms with Gasteiger partial charge in [-0.25, -0.2) is 4.68 Å². The third kappa shape index (κ3) is 4.78. The maximum absolute atomic E-state index is 10.6. The van der Waals surface area contributed by atoms with Crippen LogP contribution in [0.25, 0.3) is 0 Å². The van der Waals surface area contributed by atoms with Gasteiger partial charge in [0.2, 0.25) is 0 Å². The first-order valence-corrected chi connectivity index (χ1v) is 5.60. The van der Waals surface area contributed by atoms with Gasteiger partial charge in [0, 0.05) is 0 Å². The van der Waals surface area contributed by atoms with Crippen molar-refractivity contribution in [2.24, 2.45) is 5.73 Å². The van der Waals surface area contributed by atoms with Crippen LogP contribution in [0.3, 0.4) is 0 Å². The summed E-state index contributed by atoms with van der Waals surface area (Å²) >= 11 is 0. The molecular weight excluding hydrogens is 241 g/mol. The third-order valence-electron chi connectivity index (χ3n) is 2.40. The van der Waals surface area contributed by atoms with Crippen molar-refractivity contribution in [1.29, 1.82) is 0 Å². The van der Waals surface area contributed by atoms with E-state index in [9.17, 15) is 4.79 Å². The van der Waals surface area contributed by atoms with Gasteiger partial charge in [-0.05, 0) is 23.2 Å². The van der Waals surface area contributed by atoms with Gasteiger partial charge in [0.05, 0.1) is 6.04 Å². The van der Waals surface area contributed by atoms with E-state index in [2.05, 4.69) is 15.5 Å². The fourth-order valence-electron chi connectivity index (χ4n) is 1.54. The SMILES string of the molecule is NC(CCCCB(O)O)c1nnnn1CC(=O)O. The molecule has 100 valence electrons. The molecule has 0 fully saturated rings. The van der Waals surface area contributed by atoms with E-state index in [4.69, 9.17) is 20.9 Å². The Morgan fingerprint density at radius 1 is 1.44 bits per heavy atom. The summed E-state index contributed by atoms with van der Waals surface area (Å²) in [6.07, 6.45) is 2.13. The van der Waals surface area contributed by atoms with E-state index in [-0.39, 0.29) is 12.9 Å². The third-order valence-corrected chi connectivity index (χ3v) is 2.40. The summed E-state index contributed by atoms with van der Waals surface area (Å²) in [5.41, 5.74) is 5.85. The lowest BCUT2D eigenvalue weighted by Gasteiger charge is -2.10. The van der Waals surface area contributed by atoms with E-state index < -0.39 is 19.1 Å². The molecule has 0 radical (unpaired) electrons. The molecule has 18 heavy (non-hydrogen) atoms. The summed E-state index contributed by atoms with van der Waals surface area (Å²) in [4.78, 5) is 10.6. The predicted octanol–water partition coefficient (Wildman–Crippen LogP) is -1.60. The molecule has 0 spiro atoms. The van der Waals surface area contributed by atoms with Gasteiger partial charge in [0.25, 0.3) is 0 Å². The van der Waals surface area contributed by atoms with Crippen LogP contribution in [0.1, 0.15) is 31.1 Å². The van der Waals surface area contributed by atoms with Crippen LogP contribution >= 0.6 is 0 Å². The largest absolute Gasteiger partial charge is 0.480 e. The second-order valence-electron chi connectivity index (χ2n) is 3.96. The molecule has 1 unspecified atom stereocenters. The number of unbranched alkanes of at least 4 members (excludes halogenated alkanes) is 1. The first-order valence-electron chi connectivity index (χ1n) is 5.60. The van der Waals surface area contributed by atoms with Gasteiger partial charge in [-0.3, -0.25) is 4.79 Å². The van der Waals surface area contributed by atoms with E-state index in [1.807, 2.05) is 0 Å². The van der Waals surface area contributed by atoms with Crippen LogP contribution in [0.4, 0.5) is 0 Å². The quantitative estimate of drug-likeness (QED) is 0.321. The maximum atomic E-state index is 10.6. The molecule has 0 saturated heterocycles. The topological polar surface area (TPSA) is 147 Å². The van der Waals surface area contributed by atoms with E-state index in [0.717, 1.165) is 4.68 Å². The van der Waals surface area contributed by atoms with E-state index in [1.54, 1.807) is 0 Å². The standard InChI is InChI=1S/C8H16BN5O4/c10-6(3-1-2-4-9(17)18)8-11-12-13-14(8)5-7(15)16/h6,17-18H,1-5,10H2,(H,15,16). The Morgan fingerprint density at radius 3 is 2.78 bits per heavy atom. The molecule has 0 saturated carbocycles. The Hall–Kier alpha value is -1.52. The lowest BCUT2D eigenvalue weighted by molar-refractivity contribution is -0.138. The van der Waals surface area contributed by atoms with Gasteiger partial charge in [-0.15, -0.1) is 5.10 Å². The number of carbonyl (C=O) groups is 1. The van der Waals surface area contributed by atoms with Crippen molar-refractivity contribution in [1.82, 2.24) is 20.2 Å².